The van der Waals surface area contributed by atoms with E-state index < -0.39 is 0 Å². The maximum atomic E-state index is 5.59. The van der Waals surface area contributed by atoms with E-state index in [0.29, 0.717) is 18.0 Å². The molecule has 1 saturated heterocycles. The van der Waals surface area contributed by atoms with E-state index in [1.807, 2.05) is 6.26 Å². The standard InChI is InChI=1S/C17H28N2O/c1-13(2)16(19-9-3-4-10-19)12-18-15-6-5-7-17-14(15)8-11-20-17/h8,11,13,15-16,18H,3-7,9-10,12H2,1-2H3. The number of fused-ring (bicyclic) bond motifs is 1. The van der Waals surface area contributed by atoms with Gasteiger partial charge in [0.1, 0.15) is 5.76 Å². The van der Waals surface area contributed by atoms with Crippen LogP contribution in [0.3, 0.4) is 0 Å². The second-order valence-electron chi connectivity index (χ2n) is 6.71. The SMILES string of the molecule is CC(C)C(CNC1CCCc2occc21)N1CCCC1. The molecule has 20 heavy (non-hydrogen) atoms. The normalized spacial score (nSPS) is 25.1. The molecule has 112 valence electrons. The summed E-state index contributed by atoms with van der Waals surface area (Å²) in [5.41, 5.74) is 1.40. The van der Waals surface area contributed by atoms with Crippen LogP contribution in [-0.2, 0) is 6.42 Å². The molecule has 1 fully saturated rings. The molecule has 1 aromatic heterocycles. The molecule has 2 heterocycles. The van der Waals surface area contributed by atoms with Gasteiger partial charge in [0.15, 0.2) is 0 Å². The monoisotopic (exact) mass is 276 g/mol. The average molecular weight is 276 g/mol. The Hall–Kier alpha value is -0.800. The van der Waals surface area contributed by atoms with Gasteiger partial charge in [-0.3, -0.25) is 4.90 Å². The molecule has 1 aliphatic carbocycles. The highest BCUT2D eigenvalue weighted by Crippen LogP contribution is 2.30. The van der Waals surface area contributed by atoms with E-state index in [1.165, 1.54) is 50.1 Å². The summed E-state index contributed by atoms with van der Waals surface area (Å²) in [6.07, 6.45) is 8.20. The van der Waals surface area contributed by atoms with Gasteiger partial charge in [-0.1, -0.05) is 13.8 Å². The summed E-state index contributed by atoms with van der Waals surface area (Å²) in [4.78, 5) is 2.68. The lowest BCUT2D eigenvalue weighted by atomic mass is 9.92. The Morgan fingerprint density at radius 3 is 2.85 bits per heavy atom. The number of nitrogens with zero attached hydrogens (tertiary/aromatic N) is 1. The van der Waals surface area contributed by atoms with Gasteiger partial charge >= 0.3 is 0 Å². The molecule has 0 spiro atoms. The quantitative estimate of drug-likeness (QED) is 0.894. The second kappa shape index (κ2) is 6.31. The van der Waals surface area contributed by atoms with Crippen LogP contribution in [0.4, 0.5) is 0 Å². The molecular formula is C17H28N2O. The molecule has 2 unspecified atom stereocenters. The van der Waals surface area contributed by atoms with Gasteiger partial charge in [-0.05, 0) is 50.8 Å². The van der Waals surface area contributed by atoms with Crippen LogP contribution in [0.1, 0.15) is 56.9 Å². The predicted octanol–water partition coefficient (Wildman–Crippen LogP) is 3.37. The molecule has 0 amide bonds. The first-order valence-electron chi connectivity index (χ1n) is 8.29. The summed E-state index contributed by atoms with van der Waals surface area (Å²) < 4.78 is 5.59. The highest BCUT2D eigenvalue weighted by Gasteiger charge is 2.27. The van der Waals surface area contributed by atoms with Crippen molar-refractivity contribution in [1.82, 2.24) is 10.2 Å². The van der Waals surface area contributed by atoms with Crippen LogP contribution in [0.15, 0.2) is 16.7 Å². The van der Waals surface area contributed by atoms with Crippen molar-refractivity contribution in [2.24, 2.45) is 5.92 Å². The minimum atomic E-state index is 0.501. The van der Waals surface area contributed by atoms with Crippen LogP contribution in [0.5, 0.6) is 0 Å². The van der Waals surface area contributed by atoms with E-state index in [4.69, 9.17) is 4.42 Å². The number of rotatable bonds is 5. The molecular weight excluding hydrogens is 248 g/mol. The minimum absolute atomic E-state index is 0.501. The number of aryl methyl sites for hydroxylation is 1. The van der Waals surface area contributed by atoms with Crippen LogP contribution in [-0.4, -0.2) is 30.6 Å². The highest BCUT2D eigenvalue weighted by atomic mass is 16.3. The maximum Gasteiger partial charge on any atom is 0.108 e. The van der Waals surface area contributed by atoms with E-state index in [0.717, 1.165) is 13.0 Å². The van der Waals surface area contributed by atoms with Gasteiger partial charge in [-0.15, -0.1) is 0 Å². The fraction of sp³-hybridized carbons (Fsp3) is 0.765. The van der Waals surface area contributed by atoms with Gasteiger partial charge in [-0.2, -0.15) is 0 Å². The van der Waals surface area contributed by atoms with Crippen molar-refractivity contribution in [3.63, 3.8) is 0 Å². The summed E-state index contributed by atoms with van der Waals surface area (Å²) >= 11 is 0. The fourth-order valence-corrected chi connectivity index (χ4v) is 3.82. The van der Waals surface area contributed by atoms with E-state index in [1.54, 1.807) is 0 Å². The Balaban J connectivity index is 1.61. The topological polar surface area (TPSA) is 28.4 Å². The Labute approximate surface area is 122 Å². The van der Waals surface area contributed by atoms with Crippen LogP contribution < -0.4 is 5.32 Å². The van der Waals surface area contributed by atoms with Crippen LogP contribution in [0.2, 0.25) is 0 Å². The lowest BCUT2D eigenvalue weighted by molar-refractivity contribution is 0.180. The van der Waals surface area contributed by atoms with Gasteiger partial charge < -0.3 is 9.73 Å². The summed E-state index contributed by atoms with van der Waals surface area (Å²) in [6, 6.07) is 3.34. The van der Waals surface area contributed by atoms with E-state index >= 15 is 0 Å². The number of likely N-dealkylation sites (tertiary alicyclic amines) is 1. The number of nitrogens with one attached hydrogen (secondary N) is 1. The minimum Gasteiger partial charge on any atom is -0.469 e. The van der Waals surface area contributed by atoms with Crippen molar-refractivity contribution < 1.29 is 4.42 Å². The van der Waals surface area contributed by atoms with Crippen molar-refractivity contribution >= 4 is 0 Å². The smallest absolute Gasteiger partial charge is 0.108 e. The Bertz CT molecular complexity index is 420. The number of hydrogen-bond acceptors (Lipinski definition) is 3. The van der Waals surface area contributed by atoms with Gasteiger partial charge in [0, 0.05) is 30.6 Å². The third-order valence-electron chi connectivity index (χ3n) is 5.00. The summed E-state index contributed by atoms with van der Waals surface area (Å²) in [7, 11) is 0. The Morgan fingerprint density at radius 1 is 1.30 bits per heavy atom. The van der Waals surface area contributed by atoms with E-state index in [9.17, 15) is 0 Å². The molecule has 0 saturated carbocycles. The van der Waals surface area contributed by atoms with Crippen molar-refractivity contribution in [1.29, 1.82) is 0 Å². The highest BCUT2D eigenvalue weighted by molar-refractivity contribution is 5.24. The zero-order valence-electron chi connectivity index (χ0n) is 12.9. The van der Waals surface area contributed by atoms with E-state index in [-0.39, 0.29) is 0 Å². The van der Waals surface area contributed by atoms with Crippen LogP contribution in [0.25, 0.3) is 0 Å². The first kappa shape index (κ1) is 14.2. The molecule has 2 aliphatic rings. The second-order valence-corrected chi connectivity index (χ2v) is 6.71. The zero-order chi connectivity index (χ0) is 13.9. The third-order valence-corrected chi connectivity index (χ3v) is 5.00. The summed E-state index contributed by atoms with van der Waals surface area (Å²) in [6.45, 7) is 8.38. The number of furan rings is 1. The van der Waals surface area contributed by atoms with Crippen molar-refractivity contribution in [2.75, 3.05) is 19.6 Å². The lowest BCUT2D eigenvalue weighted by Gasteiger charge is -2.33. The van der Waals surface area contributed by atoms with Crippen LogP contribution in [0, 0.1) is 5.92 Å². The molecule has 0 radical (unpaired) electrons. The molecule has 3 heteroatoms. The maximum absolute atomic E-state index is 5.59. The first-order valence-corrected chi connectivity index (χ1v) is 8.29. The van der Waals surface area contributed by atoms with E-state index in [2.05, 4.69) is 30.1 Å². The van der Waals surface area contributed by atoms with Crippen molar-refractivity contribution in [3.8, 4) is 0 Å². The van der Waals surface area contributed by atoms with Gasteiger partial charge in [-0.25, -0.2) is 0 Å². The molecule has 0 bridgehead atoms. The van der Waals surface area contributed by atoms with Gasteiger partial charge in [0.05, 0.1) is 6.26 Å². The van der Waals surface area contributed by atoms with Gasteiger partial charge in [0.25, 0.3) is 0 Å². The molecule has 1 N–H and O–H groups in total. The summed E-state index contributed by atoms with van der Waals surface area (Å²) in [5, 5.41) is 3.82. The van der Waals surface area contributed by atoms with Crippen LogP contribution >= 0.6 is 0 Å². The van der Waals surface area contributed by atoms with Gasteiger partial charge in [0.2, 0.25) is 0 Å². The molecule has 3 rings (SSSR count). The molecule has 1 aromatic rings. The first-order chi connectivity index (χ1) is 9.75. The summed E-state index contributed by atoms with van der Waals surface area (Å²) in [5.74, 6) is 1.92. The zero-order valence-corrected chi connectivity index (χ0v) is 12.9. The largest absolute Gasteiger partial charge is 0.469 e. The lowest BCUT2D eigenvalue weighted by Crippen LogP contribution is -2.45. The number of hydrogen-bond donors (Lipinski definition) is 1. The molecule has 3 nitrogen and oxygen atoms in total. The van der Waals surface area contributed by atoms with Crippen molar-refractivity contribution in [2.45, 2.75) is 58.0 Å². The molecule has 1 aliphatic heterocycles. The predicted molar refractivity (Wildman–Crippen MR) is 81.8 cm³/mol. The molecule has 0 aromatic carbocycles. The average Bonchev–Trinajstić information content (AvgIpc) is 3.09. The fourth-order valence-electron chi connectivity index (χ4n) is 3.82. The van der Waals surface area contributed by atoms with Crippen molar-refractivity contribution in [3.05, 3.63) is 23.7 Å². The molecule has 2 atom stereocenters. The third kappa shape index (κ3) is 2.94. The Morgan fingerprint density at radius 2 is 2.10 bits per heavy atom. The Kier molecular flexibility index (Phi) is 4.47.